The van der Waals surface area contributed by atoms with E-state index in [4.69, 9.17) is 0 Å². The number of hydrogen-bond acceptors (Lipinski definition) is 1. The van der Waals surface area contributed by atoms with Gasteiger partial charge in [-0.3, -0.25) is 0 Å². The smallest absolute Gasteiger partial charge is 0.00247 e. The van der Waals surface area contributed by atoms with Crippen molar-refractivity contribution < 1.29 is 0 Å². The highest BCUT2D eigenvalue weighted by Crippen LogP contribution is 2.66. The van der Waals surface area contributed by atoms with Gasteiger partial charge in [-0.05, 0) is 113 Å². The molecule has 0 amide bonds. The molecule has 0 N–H and O–H groups in total. The van der Waals surface area contributed by atoms with Gasteiger partial charge in [0.2, 0.25) is 0 Å². The van der Waals surface area contributed by atoms with Gasteiger partial charge in [-0.2, -0.15) is 0 Å². The highest BCUT2D eigenvalue weighted by atomic mass is 35.5. The van der Waals surface area contributed by atoms with E-state index in [1.54, 1.807) is 24.8 Å². The number of halogens is 1. The summed E-state index contributed by atoms with van der Waals surface area (Å²) in [5, 5.41) is 0. The third-order valence-electron chi connectivity index (χ3n) is 7.74. The summed E-state index contributed by atoms with van der Waals surface area (Å²) in [5.41, 5.74) is 2.26. The van der Waals surface area contributed by atoms with E-state index in [1.165, 1.54) is 38.6 Å². The molecule has 0 aromatic heterocycles. The fraction of sp³-hybridized carbons (Fsp3) is 0.750. The Bertz CT molecular complexity index is 532. The van der Waals surface area contributed by atoms with Crippen LogP contribution in [-0.2, 0) is 0 Å². The van der Waals surface area contributed by atoms with E-state index in [-0.39, 0.29) is 12.4 Å². The first-order valence-corrected chi connectivity index (χ1v) is 10.8. The molecule has 4 bridgehead atoms. The SMILES string of the molecule is CC(CCCN(C)C)C(c1ccccc1)C12CC3CC(CC(C3)C1)C2.Cl. The average Bonchev–Trinajstić information content (AvgIpc) is 2.54. The van der Waals surface area contributed by atoms with Crippen LogP contribution in [0.1, 0.15) is 69.8 Å². The van der Waals surface area contributed by atoms with E-state index in [9.17, 15) is 0 Å². The molecule has 2 atom stereocenters. The summed E-state index contributed by atoms with van der Waals surface area (Å²) in [6, 6.07) is 11.6. The fourth-order valence-corrected chi connectivity index (χ4v) is 7.40. The van der Waals surface area contributed by atoms with E-state index in [2.05, 4.69) is 56.3 Å². The lowest BCUT2D eigenvalue weighted by atomic mass is 9.44. The molecule has 1 aromatic rings. The Morgan fingerprint density at radius 1 is 0.962 bits per heavy atom. The molecule has 0 saturated heterocycles. The number of nitrogens with zero attached hydrogens (tertiary/aromatic N) is 1. The van der Waals surface area contributed by atoms with Gasteiger partial charge in [0, 0.05) is 0 Å². The predicted octanol–water partition coefficient (Wildman–Crippen LogP) is 6.39. The van der Waals surface area contributed by atoms with E-state index < -0.39 is 0 Å². The maximum atomic E-state index is 2.56. The second kappa shape index (κ2) is 8.23. The van der Waals surface area contributed by atoms with Crippen molar-refractivity contribution in [2.45, 2.75) is 64.2 Å². The molecule has 4 aliphatic carbocycles. The van der Waals surface area contributed by atoms with Gasteiger partial charge < -0.3 is 4.90 Å². The van der Waals surface area contributed by atoms with Crippen LogP contribution < -0.4 is 0 Å². The van der Waals surface area contributed by atoms with Crippen molar-refractivity contribution in [3.05, 3.63) is 35.9 Å². The minimum absolute atomic E-state index is 0. The van der Waals surface area contributed by atoms with Gasteiger partial charge in [-0.15, -0.1) is 12.4 Å². The second-order valence-electron chi connectivity index (χ2n) is 10.1. The summed E-state index contributed by atoms with van der Waals surface area (Å²) < 4.78 is 0. The molecule has 0 aliphatic heterocycles. The molecule has 4 fully saturated rings. The molecule has 0 radical (unpaired) electrons. The van der Waals surface area contributed by atoms with Crippen LogP contribution in [-0.4, -0.2) is 25.5 Å². The molecule has 5 rings (SSSR count). The highest BCUT2D eigenvalue weighted by Gasteiger charge is 2.55. The zero-order chi connectivity index (χ0) is 17.4. The maximum Gasteiger partial charge on any atom is -0.00247 e. The van der Waals surface area contributed by atoms with E-state index >= 15 is 0 Å². The molecule has 4 saturated carbocycles. The van der Waals surface area contributed by atoms with Crippen LogP contribution in [0.4, 0.5) is 0 Å². The van der Waals surface area contributed by atoms with Gasteiger partial charge >= 0.3 is 0 Å². The third-order valence-corrected chi connectivity index (χ3v) is 7.74. The lowest BCUT2D eigenvalue weighted by Crippen LogP contribution is -2.50. The summed E-state index contributed by atoms with van der Waals surface area (Å²) in [6.07, 6.45) is 11.9. The summed E-state index contributed by atoms with van der Waals surface area (Å²) >= 11 is 0. The monoisotopic (exact) mass is 375 g/mol. The predicted molar refractivity (Wildman–Crippen MR) is 114 cm³/mol. The average molecular weight is 376 g/mol. The first kappa shape index (κ1) is 20.2. The van der Waals surface area contributed by atoms with Crippen LogP contribution in [0.2, 0.25) is 0 Å². The normalized spacial score (nSPS) is 34.5. The molecule has 4 aliphatic rings. The second-order valence-corrected chi connectivity index (χ2v) is 10.1. The zero-order valence-electron chi connectivity index (χ0n) is 17.0. The van der Waals surface area contributed by atoms with E-state index in [0.29, 0.717) is 5.41 Å². The van der Waals surface area contributed by atoms with Crippen LogP contribution in [0.25, 0.3) is 0 Å². The lowest BCUT2D eigenvalue weighted by Gasteiger charge is -2.60. The van der Waals surface area contributed by atoms with E-state index in [0.717, 1.165) is 29.6 Å². The molecule has 0 heterocycles. The first-order chi connectivity index (χ1) is 12.1. The molecule has 146 valence electrons. The van der Waals surface area contributed by atoms with Crippen LogP contribution in [0, 0.1) is 29.1 Å². The molecular formula is C24H38ClN. The zero-order valence-corrected chi connectivity index (χ0v) is 17.8. The molecule has 26 heavy (non-hydrogen) atoms. The van der Waals surface area contributed by atoms with Gasteiger partial charge in [-0.1, -0.05) is 37.3 Å². The van der Waals surface area contributed by atoms with Gasteiger partial charge in [0.1, 0.15) is 0 Å². The summed E-state index contributed by atoms with van der Waals surface area (Å²) in [4.78, 5) is 2.34. The largest absolute Gasteiger partial charge is 0.309 e. The van der Waals surface area contributed by atoms with Gasteiger partial charge in [0.15, 0.2) is 0 Å². The van der Waals surface area contributed by atoms with Crippen LogP contribution >= 0.6 is 12.4 Å². The fourth-order valence-electron chi connectivity index (χ4n) is 7.40. The molecular weight excluding hydrogens is 338 g/mol. The lowest BCUT2D eigenvalue weighted by molar-refractivity contribution is -0.0786. The van der Waals surface area contributed by atoms with Gasteiger partial charge in [0.25, 0.3) is 0 Å². The Balaban J connectivity index is 0.00000196. The Morgan fingerprint density at radius 2 is 1.50 bits per heavy atom. The van der Waals surface area contributed by atoms with Crippen molar-refractivity contribution in [3.8, 4) is 0 Å². The highest BCUT2D eigenvalue weighted by molar-refractivity contribution is 5.85. The minimum atomic E-state index is 0. The Kier molecular flexibility index (Phi) is 6.40. The number of benzene rings is 1. The first-order valence-electron chi connectivity index (χ1n) is 10.8. The van der Waals surface area contributed by atoms with Crippen LogP contribution in [0.5, 0.6) is 0 Å². The Labute approximate surface area is 167 Å². The maximum absolute atomic E-state index is 2.56. The van der Waals surface area contributed by atoms with E-state index in [1.807, 2.05) is 0 Å². The van der Waals surface area contributed by atoms with Gasteiger partial charge in [0.05, 0.1) is 0 Å². The molecule has 2 heteroatoms. The van der Waals surface area contributed by atoms with Gasteiger partial charge in [-0.25, -0.2) is 0 Å². The Morgan fingerprint density at radius 3 is 2.00 bits per heavy atom. The van der Waals surface area contributed by atoms with Crippen molar-refractivity contribution in [2.75, 3.05) is 20.6 Å². The topological polar surface area (TPSA) is 3.24 Å². The van der Waals surface area contributed by atoms with Crippen molar-refractivity contribution in [1.82, 2.24) is 4.90 Å². The Hall–Kier alpha value is -0.530. The van der Waals surface area contributed by atoms with Crippen molar-refractivity contribution in [3.63, 3.8) is 0 Å². The van der Waals surface area contributed by atoms with Crippen LogP contribution in [0.15, 0.2) is 30.3 Å². The standard InChI is InChI=1S/C24H37N.ClH/c1-18(8-7-11-25(2)3)23(22-9-5-4-6-10-22)24-15-19-12-20(16-24)14-21(13-19)17-24;/h4-6,9-10,18-21,23H,7-8,11-17H2,1-3H3;1H. The third kappa shape index (κ3) is 3.99. The van der Waals surface area contributed by atoms with Crippen LogP contribution in [0.3, 0.4) is 0 Å². The minimum Gasteiger partial charge on any atom is -0.309 e. The quantitative estimate of drug-likeness (QED) is 0.533. The molecule has 1 nitrogen and oxygen atoms in total. The molecule has 0 spiro atoms. The van der Waals surface area contributed by atoms with Crippen molar-refractivity contribution in [1.29, 1.82) is 0 Å². The summed E-state index contributed by atoms with van der Waals surface area (Å²) in [6.45, 7) is 3.79. The number of rotatable bonds is 7. The summed E-state index contributed by atoms with van der Waals surface area (Å²) in [5.74, 6) is 4.73. The molecule has 1 aromatic carbocycles. The number of hydrogen-bond donors (Lipinski definition) is 0. The molecule has 2 unspecified atom stereocenters. The van der Waals surface area contributed by atoms with Crippen molar-refractivity contribution >= 4 is 12.4 Å². The summed E-state index contributed by atoms with van der Waals surface area (Å²) in [7, 11) is 4.41. The van der Waals surface area contributed by atoms with Crippen molar-refractivity contribution in [2.24, 2.45) is 29.1 Å².